The molecule has 0 aliphatic heterocycles. The van der Waals surface area contributed by atoms with Gasteiger partial charge in [-0.25, -0.2) is 9.78 Å². The minimum Gasteiger partial charge on any atom is -0.422 e. The monoisotopic (exact) mass is 213 g/mol. The second-order valence-electron chi connectivity index (χ2n) is 3.42. The van der Waals surface area contributed by atoms with Gasteiger partial charge < -0.3 is 4.74 Å². The summed E-state index contributed by atoms with van der Waals surface area (Å²) in [5.74, 6) is 0.0989. The molecule has 0 aliphatic rings. The van der Waals surface area contributed by atoms with E-state index in [1.807, 2.05) is 19.1 Å². The first-order chi connectivity index (χ1) is 7.75. The van der Waals surface area contributed by atoms with Gasteiger partial charge in [-0.2, -0.15) is 0 Å². The Morgan fingerprint density at radius 3 is 2.75 bits per heavy atom. The standard InChI is InChI=1S/C13H11NO2/c1-10-5-4-6-11(9-10)16-13(15)12-7-2-3-8-14-12/h2-9H,1H3. The number of rotatable bonds is 2. The minimum absolute atomic E-state index is 0.309. The molecule has 0 fully saturated rings. The molecule has 1 aromatic carbocycles. The number of hydrogen-bond donors (Lipinski definition) is 0. The van der Waals surface area contributed by atoms with Gasteiger partial charge >= 0.3 is 5.97 Å². The second kappa shape index (κ2) is 4.57. The van der Waals surface area contributed by atoms with Gasteiger partial charge in [0.05, 0.1) is 0 Å². The maximum Gasteiger partial charge on any atom is 0.362 e. The van der Waals surface area contributed by atoms with Gasteiger partial charge in [0.15, 0.2) is 0 Å². The van der Waals surface area contributed by atoms with Crippen molar-refractivity contribution in [3.05, 3.63) is 59.9 Å². The summed E-state index contributed by atoms with van der Waals surface area (Å²) in [7, 11) is 0. The number of ether oxygens (including phenoxy) is 1. The fourth-order valence-electron chi connectivity index (χ4n) is 1.32. The Morgan fingerprint density at radius 1 is 1.19 bits per heavy atom. The molecule has 1 aromatic heterocycles. The second-order valence-corrected chi connectivity index (χ2v) is 3.42. The molecule has 0 amide bonds. The van der Waals surface area contributed by atoms with Crippen LogP contribution in [0.1, 0.15) is 16.1 Å². The van der Waals surface area contributed by atoms with E-state index in [2.05, 4.69) is 4.98 Å². The van der Waals surface area contributed by atoms with Crippen molar-refractivity contribution in [2.75, 3.05) is 0 Å². The largest absolute Gasteiger partial charge is 0.422 e. The predicted molar refractivity (Wildman–Crippen MR) is 60.4 cm³/mol. The molecular weight excluding hydrogens is 202 g/mol. The molecule has 0 atom stereocenters. The number of nitrogens with zero attached hydrogens (tertiary/aromatic N) is 1. The molecule has 16 heavy (non-hydrogen) atoms. The summed E-state index contributed by atoms with van der Waals surface area (Å²) in [5.41, 5.74) is 1.36. The van der Waals surface area contributed by atoms with Crippen LogP contribution in [0.5, 0.6) is 5.75 Å². The van der Waals surface area contributed by atoms with E-state index in [0.717, 1.165) is 5.56 Å². The Labute approximate surface area is 93.7 Å². The SMILES string of the molecule is Cc1cccc(OC(=O)c2ccccn2)c1. The minimum atomic E-state index is -0.439. The Morgan fingerprint density at radius 2 is 2.06 bits per heavy atom. The van der Waals surface area contributed by atoms with Gasteiger partial charge in [-0.1, -0.05) is 18.2 Å². The summed E-state index contributed by atoms with van der Waals surface area (Å²) in [4.78, 5) is 15.6. The molecule has 3 heteroatoms. The lowest BCUT2D eigenvalue weighted by Gasteiger charge is -2.03. The van der Waals surface area contributed by atoms with Crippen LogP contribution in [-0.2, 0) is 0 Å². The first-order valence-electron chi connectivity index (χ1n) is 4.95. The average molecular weight is 213 g/mol. The predicted octanol–water partition coefficient (Wildman–Crippen LogP) is 2.61. The smallest absolute Gasteiger partial charge is 0.362 e. The van der Waals surface area contributed by atoms with Gasteiger partial charge in [-0.3, -0.25) is 0 Å². The van der Waals surface area contributed by atoms with Crippen LogP contribution < -0.4 is 4.74 Å². The highest BCUT2D eigenvalue weighted by molar-refractivity contribution is 5.88. The van der Waals surface area contributed by atoms with Crippen LogP contribution in [-0.4, -0.2) is 11.0 Å². The van der Waals surface area contributed by atoms with E-state index in [1.165, 1.54) is 0 Å². The molecule has 0 aliphatic carbocycles. The van der Waals surface area contributed by atoms with Crippen molar-refractivity contribution in [2.45, 2.75) is 6.92 Å². The van der Waals surface area contributed by atoms with E-state index in [1.54, 1.807) is 36.5 Å². The summed E-state index contributed by atoms with van der Waals surface area (Å²) >= 11 is 0. The molecule has 0 bridgehead atoms. The molecule has 0 spiro atoms. The molecule has 0 unspecified atom stereocenters. The Bertz CT molecular complexity index is 494. The van der Waals surface area contributed by atoms with E-state index in [4.69, 9.17) is 4.74 Å². The molecule has 0 saturated carbocycles. The van der Waals surface area contributed by atoms with E-state index >= 15 is 0 Å². The van der Waals surface area contributed by atoms with E-state index in [0.29, 0.717) is 11.4 Å². The highest BCUT2D eigenvalue weighted by atomic mass is 16.5. The highest BCUT2D eigenvalue weighted by Gasteiger charge is 2.08. The fraction of sp³-hybridized carbons (Fsp3) is 0.0769. The first kappa shape index (κ1) is 10.4. The van der Waals surface area contributed by atoms with Crippen LogP contribution in [0.4, 0.5) is 0 Å². The Kier molecular flexibility index (Phi) is 2.96. The van der Waals surface area contributed by atoms with Gasteiger partial charge in [0.25, 0.3) is 0 Å². The number of benzene rings is 1. The molecule has 0 radical (unpaired) electrons. The van der Waals surface area contributed by atoms with Crippen molar-refractivity contribution in [3.8, 4) is 5.75 Å². The van der Waals surface area contributed by atoms with Crippen molar-refractivity contribution in [2.24, 2.45) is 0 Å². The average Bonchev–Trinajstić information content (AvgIpc) is 2.30. The molecule has 0 N–H and O–H groups in total. The van der Waals surface area contributed by atoms with Gasteiger partial charge in [0.1, 0.15) is 11.4 Å². The number of carbonyl (C=O) groups is 1. The van der Waals surface area contributed by atoms with Crippen LogP contribution >= 0.6 is 0 Å². The molecule has 1 heterocycles. The van der Waals surface area contributed by atoms with Crippen LogP contribution in [0, 0.1) is 6.92 Å². The summed E-state index contributed by atoms with van der Waals surface area (Å²) in [6.07, 6.45) is 1.56. The molecule has 3 nitrogen and oxygen atoms in total. The van der Waals surface area contributed by atoms with Crippen molar-refractivity contribution in [3.63, 3.8) is 0 Å². The zero-order valence-corrected chi connectivity index (χ0v) is 8.88. The Balaban J connectivity index is 2.14. The van der Waals surface area contributed by atoms with Crippen molar-refractivity contribution < 1.29 is 9.53 Å². The molecule has 80 valence electrons. The van der Waals surface area contributed by atoms with Gasteiger partial charge in [0, 0.05) is 6.20 Å². The van der Waals surface area contributed by atoms with Crippen LogP contribution in [0.2, 0.25) is 0 Å². The molecule has 0 saturated heterocycles. The maximum atomic E-state index is 11.6. The van der Waals surface area contributed by atoms with Crippen LogP contribution in [0.3, 0.4) is 0 Å². The third-order valence-electron chi connectivity index (χ3n) is 2.07. The van der Waals surface area contributed by atoms with Crippen molar-refractivity contribution in [1.82, 2.24) is 4.98 Å². The Hall–Kier alpha value is -2.16. The lowest BCUT2D eigenvalue weighted by atomic mass is 10.2. The maximum absolute atomic E-state index is 11.6. The zero-order chi connectivity index (χ0) is 11.4. The van der Waals surface area contributed by atoms with Gasteiger partial charge in [0.2, 0.25) is 0 Å². The third kappa shape index (κ3) is 2.45. The van der Waals surface area contributed by atoms with Crippen molar-refractivity contribution >= 4 is 5.97 Å². The van der Waals surface area contributed by atoms with Crippen LogP contribution in [0.25, 0.3) is 0 Å². The number of pyridine rings is 1. The van der Waals surface area contributed by atoms with Gasteiger partial charge in [-0.05, 0) is 36.8 Å². The summed E-state index contributed by atoms with van der Waals surface area (Å²) in [6, 6.07) is 12.5. The fourth-order valence-corrected chi connectivity index (χ4v) is 1.32. The van der Waals surface area contributed by atoms with Crippen molar-refractivity contribution in [1.29, 1.82) is 0 Å². The molecule has 2 rings (SSSR count). The number of carbonyl (C=O) groups excluding carboxylic acids is 1. The zero-order valence-electron chi connectivity index (χ0n) is 8.88. The lowest BCUT2D eigenvalue weighted by molar-refractivity contribution is 0.0728. The third-order valence-corrected chi connectivity index (χ3v) is 2.07. The quantitative estimate of drug-likeness (QED) is 0.568. The normalized spacial score (nSPS) is 9.81. The summed E-state index contributed by atoms with van der Waals surface area (Å²) in [6.45, 7) is 1.94. The summed E-state index contributed by atoms with van der Waals surface area (Å²) < 4.78 is 5.18. The van der Waals surface area contributed by atoms with E-state index < -0.39 is 5.97 Å². The molecular formula is C13H11NO2. The van der Waals surface area contributed by atoms with E-state index in [9.17, 15) is 4.79 Å². The molecule has 2 aromatic rings. The number of aromatic nitrogens is 1. The van der Waals surface area contributed by atoms with Gasteiger partial charge in [-0.15, -0.1) is 0 Å². The number of hydrogen-bond acceptors (Lipinski definition) is 3. The number of esters is 1. The lowest BCUT2D eigenvalue weighted by Crippen LogP contribution is -2.10. The van der Waals surface area contributed by atoms with Crippen LogP contribution in [0.15, 0.2) is 48.7 Å². The number of aryl methyl sites for hydroxylation is 1. The topological polar surface area (TPSA) is 39.2 Å². The van der Waals surface area contributed by atoms with E-state index in [-0.39, 0.29) is 0 Å². The first-order valence-corrected chi connectivity index (χ1v) is 4.95. The highest BCUT2D eigenvalue weighted by Crippen LogP contribution is 2.13. The summed E-state index contributed by atoms with van der Waals surface area (Å²) in [5, 5.41) is 0.